The molecule has 5 nitrogen and oxygen atoms in total. The van der Waals surface area contributed by atoms with Crippen LogP contribution in [0.4, 0.5) is 5.82 Å². The van der Waals surface area contributed by atoms with Gasteiger partial charge in [0.25, 0.3) is 0 Å². The number of nitrogens with one attached hydrogen (secondary N) is 1. The van der Waals surface area contributed by atoms with Gasteiger partial charge in [0, 0.05) is 25.8 Å². The fraction of sp³-hybridized carbons (Fsp3) is 0.667. The molecule has 0 radical (unpaired) electrons. The molecule has 0 aliphatic carbocycles. The lowest BCUT2D eigenvalue weighted by Gasteiger charge is -2.24. The van der Waals surface area contributed by atoms with E-state index in [-0.39, 0.29) is 11.8 Å². The standard InChI is InChI=1S/C15H25N3O2S/c1-12(2)8-16-9-13-4-5-15(17-10-13)18(3)14-6-7-21(19,20)11-14/h4-5,10,12,14,16H,6-9,11H2,1-3H3. The highest BCUT2D eigenvalue weighted by Crippen LogP contribution is 2.21. The molecular weight excluding hydrogens is 286 g/mol. The van der Waals surface area contributed by atoms with Crippen LogP contribution in [-0.2, 0) is 16.4 Å². The molecule has 1 aromatic heterocycles. The van der Waals surface area contributed by atoms with Crippen LogP contribution in [0.2, 0.25) is 0 Å². The van der Waals surface area contributed by atoms with E-state index in [1.807, 2.05) is 24.2 Å². The van der Waals surface area contributed by atoms with Crippen molar-refractivity contribution in [2.24, 2.45) is 5.92 Å². The summed E-state index contributed by atoms with van der Waals surface area (Å²) in [6.45, 7) is 6.16. The first-order valence-electron chi connectivity index (χ1n) is 7.46. The lowest BCUT2D eigenvalue weighted by atomic mass is 10.2. The van der Waals surface area contributed by atoms with Gasteiger partial charge < -0.3 is 10.2 Å². The summed E-state index contributed by atoms with van der Waals surface area (Å²) in [7, 11) is -0.935. The topological polar surface area (TPSA) is 62.3 Å². The molecule has 118 valence electrons. The summed E-state index contributed by atoms with van der Waals surface area (Å²) < 4.78 is 23.1. The third-order valence-electron chi connectivity index (χ3n) is 3.81. The highest BCUT2D eigenvalue weighted by molar-refractivity contribution is 7.91. The Morgan fingerprint density at radius 1 is 1.43 bits per heavy atom. The van der Waals surface area contributed by atoms with Gasteiger partial charge in [-0.1, -0.05) is 19.9 Å². The molecule has 2 rings (SSSR count). The van der Waals surface area contributed by atoms with Crippen molar-refractivity contribution >= 4 is 15.7 Å². The number of aromatic nitrogens is 1. The minimum absolute atomic E-state index is 0.0485. The summed E-state index contributed by atoms with van der Waals surface area (Å²) in [6.07, 6.45) is 2.56. The normalized spacial score (nSPS) is 20.9. The van der Waals surface area contributed by atoms with Crippen LogP contribution in [0.3, 0.4) is 0 Å². The van der Waals surface area contributed by atoms with Crippen molar-refractivity contribution < 1.29 is 8.42 Å². The van der Waals surface area contributed by atoms with Gasteiger partial charge in [0.1, 0.15) is 5.82 Å². The Kier molecular flexibility index (Phi) is 5.22. The number of rotatable bonds is 6. The first-order valence-corrected chi connectivity index (χ1v) is 9.28. The zero-order chi connectivity index (χ0) is 15.5. The average molecular weight is 311 g/mol. The summed E-state index contributed by atoms with van der Waals surface area (Å²) >= 11 is 0. The van der Waals surface area contributed by atoms with Crippen LogP contribution in [0.1, 0.15) is 25.8 Å². The van der Waals surface area contributed by atoms with E-state index in [2.05, 4.69) is 30.2 Å². The van der Waals surface area contributed by atoms with Crippen LogP contribution in [0.5, 0.6) is 0 Å². The van der Waals surface area contributed by atoms with Gasteiger partial charge in [0.05, 0.1) is 11.5 Å². The Balaban J connectivity index is 1.92. The average Bonchev–Trinajstić information content (AvgIpc) is 2.79. The monoisotopic (exact) mass is 311 g/mol. The first kappa shape index (κ1) is 16.2. The molecule has 0 saturated carbocycles. The van der Waals surface area contributed by atoms with E-state index in [0.29, 0.717) is 18.1 Å². The fourth-order valence-corrected chi connectivity index (χ4v) is 4.28. The van der Waals surface area contributed by atoms with E-state index in [1.165, 1.54) is 0 Å². The highest BCUT2D eigenvalue weighted by atomic mass is 32.2. The van der Waals surface area contributed by atoms with E-state index in [0.717, 1.165) is 24.5 Å². The molecule has 1 unspecified atom stereocenters. The second-order valence-electron chi connectivity index (χ2n) is 6.22. The quantitative estimate of drug-likeness (QED) is 0.861. The van der Waals surface area contributed by atoms with Crippen molar-refractivity contribution in [2.75, 3.05) is 30.0 Å². The largest absolute Gasteiger partial charge is 0.356 e. The molecule has 1 aliphatic rings. The van der Waals surface area contributed by atoms with Gasteiger partial charge >= 0.3 is 0 Å². The predicted octanol–water partition coefficient (Wildman–Crippen LogP) is 1.45. The Morgan fingerprint density at radius 3 is 2.71 bits per heavy atom. The second-order valence-corrected chi connectivity index (χ2v) is 8.45. The molecule has 1 atom stereocenters. The van der Waals surface area contributed by atoms with Crippen molar-refractivity contribution in [1.82, 2.24) is 10.3 Å². The Morgan fingerprint density at radius 2 is 2.19 bits per heavy atom. The molecule has 0 spiro atoms. The van der Waals surface area contributed by atoms with E-state index >= 15 is 0 Å². The number of hydrogen-bond acceptors (Lipinski definition) is 5. The van der Waals surface area contributed by atoms with Gasteiger partial charge in [-0.3, -0.25) is 0 Å². The molecule has 0 bridgehead atoms. The Hall–Kier alpha value is -1.14. The molecule has 0 aromatic carbocycles. The highest BCUT2D eigenvalue weighted by Gasteiger charge is 2.31. The molecule has 21 heavy (non-hydrogen) atoms. The van der Waals surface area contributed by atoms with Crippen molar-refractivity contribution in [2.45, 2.75) is 32.9 Å². The molecular formula is C15H25N3O2S. The number of anilines is 1. The minimum Gasteiger partial charge on any atom is -0.356 e. The van der Waals surface area contributed by atoms with Crippen LogP contribution < -0.4 is 10.2 Å². The van der Waals surface area contributed by atoms with Gasteiger partial charge in [-0.2, -0.15) is 0 Å². The van der Waals surface area contributed by atoms with E-state index < -0.39 is 9.84 Å². The van der Waals surface area contributed by atoms with E-state index in [1.54, 1.807) is 0 Å². The number of pyridine rings is 1. The van der Waals surface area contributed by atoms with Crippen LogP contribution in [0, 0.1) is 5.92 Å². The third kappa shape index (κ3) is 4.68. The summed E-state index contributed by atoms with van der Waals surface area (Å²) in [5.41, 5.74) is 1.15. The predicted molar refractivity (Wildman–Crippen MR) is 86.2 cm³/mol. The van der Waals surface area contributed by atoms with E-state index in [9.17, 15) is 8.42 Å². The number of hydrogen-bond donors (Lipinski definition) is 1. The number of nitrogens with zero attached hydrogens (tertiary/aromatic N) is 2. The molecule has 1 saturated heterocycles. The maximum atomic E-state index is 11.5. The molecule has 1 N–H and O–H groups in total. The number of sulfone groups is 1. The summed E-state index contributed by atoms with van der Waals surface area (Å²) in [6, 6.07) is 4.07. The molecule has 2 heterocycles. The smallest absolute Gasteiger partial charge is 0.152 e. The Labute approximate surface area is 127 Å². The van der Waals surface area contributed by atoms with E-state index in [4.69, 9.17) is 0 Å². The Bertz CT molecular complexity index is 555. The molecule has 6 heteroatoms. The van der Waals surface area contributed by atoms with Crippen LogP contribution >= 0.6 is 0 Å². The summed E-state index contributed by atoms with van der Waals surface area (Å²) in [5, 5.41) is 3.38. The van der Waals surface area contributed by atoms with Crippen LogP contribution in [0.25, 0.3) is 0 Å². The first-order chi connectivity index (χ1) is 9.87. The molecule has 1 fully saturated rings. The van der Waals surface area contributed by atoms with Crippen molar-refractivity contribution in [3.8, 4) is 0 Å². The van der Waals surface area contributed by atoms with Gasteiger partial charge in [-0.25, -0.2) is 13.4 Å². The maximum Gasteiger partial charge on any atom is 0.152 e. The van der Waals surface area contributed by atoms with Gasteiger partial charge in [0.15, 0.2) is 9.84 Å². The fourth-order valence-electron chi connectivity index (χ4n) is 2.50. The van der Waals surface area contributed by atoms with Crippen LogP contribution in [-0.4, -0.2) is 44.5 Å². The lowest BCUT2D eigenvalue weighted by Crippen LogP contribution is -2.33. The van der Waals surface area contributed by atoms with Gasteiger partial charge in [-0.15, -0.1) is 0 Å². The van der Waals surface area contributed by atoms with Crippen LogP contribution in [0.15, 0.2) is 18.3 Å². The SMILES string of the molecule is CC(C)CNCc1ccc(N(C)C2CCS(=O)(=O)C2)nc1. The minimum atomic E-state index is -2.86. The van der Waals surface area contributed by atoms with Gasteiger partial charge in [0.2, 0.25) is 0 Å². The third-order valence-corrected chi connectivity index (χ3v) is 5.56. The molecule has 1 aliphatic heterocycles. The lowest BCUT2D eigenvalue weighted by molar-refractivity contribution is 0.552. The van der Waals surface area contributed by atoms with Crippen molar-refractivity contribution in [3.05, 3.63) is 23.9 Å². The second kappa shape index (κ2) is 6.75. The molecule has 1 aromatic rings. The van der Waals surface area contributed by atoms with Gasteiger partial charge in [-0.05, 0) is 30.5 Å². The maximum absolute atomic E-state index is 11.5. The van der Waals surface area contributed by atoms with Crippen molar-refractivity contribution in [3.63, 3.8) is 0 Å². The summed E-state index contributed by atoms with van der Waals surface area (Å²) in [5.74, 6) is 2.00. The molecule has 0 amide bonds. The summed E-state index contributed by atoms with van der Waals surface area (Å²) in [4.78, 5) is 6.44. The van der Waals surface area contributed by atoms with Crippen molar-refractivity contribution in [1.29, 1.82) is 0 Å². The zero-order valence-electron chi connectivity index (χ0n) is 13.0. The zero-order valence-corrected chi connectivity index (χ0v) is 13.9.